The summed E-state index contributed by atoms with van der Waals surface area (Å²) in [7, 11) is 0. The smallest absolute Gasteiger partial charge is 0.225 e. The average molecular weight is 482 g/mol. The Kier molecular flexibility index (Phi) is 7.73. The van der Waals surface area contributed by atoms with Crippen molar-refractivity contribution < 1.29 is 14.6 Å². The van der Waals surface area contributed by atoms with E-state index in [0.29, 0.717) is 30.9 Å². The molecule has 1 N–H and O–H groups in total. The maximum absolute atomic E-state index is 9.46. The second-order valence-corrected chi connectivity index (χ2v) is 9.07. The lowest BCUT2D eigenvalue weighted by Crippen LogP contribution is -2.35. The number of rotatable bonds is 9. The van der Waals surface area contributed by atoms with E-state index in [9.17, 15) is 5.11 Å². The molecule has 0 bridgehead atoms. The first-order valence-electron chi connectivity index (χ1n) is 12.5. The quantitative estimate of drug-likeness (QED) is 0.340. The molecule has 0 unspecified atom stereocenters. The van der Waals surface area contributed by atoms with E-state index >= 15 is 0 Å². The molecule has 0 spiro atoms. The molecule has 0 aliphatic carbocycles. The van der Waals surface area contributed by atoms with Gasteiger partial charge in [-0.25, -0.2) is 4.98 Å². The normalized spacial score (nSPS) is 14.0. The maximum atomic E-state index is 9.46. The van der Waals surface area contributed by atoms with Gasteiger partial charge in [0.05, 0.1) is 0 Å². The van der Waals surface area contributed by atoms with Crippen LogP contribution >= 0.6 is 0 Å². The molecule has 0 saturated carbocycles. The highest BCUT2D eigenvalue weighted by molar-refractivity contribution is 5.71. The zero-order chi connectivity index (χ0) is 24.6. The van der Waals surface area contributed by atoms with Crippen molar-refractivity contribution in [3.8, 4) is 22.9 Å². The molecule has 0 amide bonds. The fourth-order valence-corrected chi connectivity index (χ4v) is 4.39. The highest BCUT2D eigenvalue weighted by atomic mass is 16.5. The Morgan fingerprint density at radius 2 is 1.47 bits per heavy atom. The Bertz CT molecular complexity index is 1240. The molecule has 6 heteroatoms. The van der Waals surface area contributed by atoms with E-state index in [2.05, 4.69) is 16.0 Å². The molecule has 0 radical (unpaired) electrons. The predicted molar refractivity (Wildman–Crippen MR) is 141 cm³/mol. The first-order chi connectivity index (χ1) is 17.8. The summed E-state index contributed by atoms with van der Waals surface area (Å²) < 4.78 is 12.2. The van der Waals surface area contributed by atoms with E-state index in [1.165, 1.54) is 0 Å². The summed E-state index contributed by atoms with van der Waals surface area (Å²) in [5.74, 6) is 2.36. The van der Waals surface area contributed by atoms with Gasteiger partial charge in [0, 0.05) is 37.5 Å². The standard InChI is InChI=1S/C30H31N3O3/c34-20-23-14-17-33(18-15-23)28-19-26(13-16-31-28)27-11-12-29(35-21-24-7-3-1-4-8-24)32-30(27)36-22-25-9-5-2-6-10-25/h1-13,16,19,23,34H,14-15,17-18,20-22H2. The van der Waals surface area contributed by atoms with E-state index in [1.807, 2.05) is 85.1 Å². The van der Waals surface area contributed by atoms with Crippen molar-refractivity contribution in [3.05, 3.63) is 102 Å². The number of aromatic nitrogens is 2. The summed E-state index contributed by atoms with van der Waals surface area (Å²) in [4.78, 5) is 11.6. The Balaban J connectivity index is 1.39. The van der Waals surface area contributed by atoms with E-state index in [4.69, 9.17) is 14.5 Å². The van der Waals surface area contributed by atoms with Crippen molar-refractivity contribution in [2.75, 3.05) is 24.6 Å². The van der Waals surface area contributed by atoms with Crippen LogP contribution < -0.4 is 14.4 Å². The van der Waals surface area contributed by atoms with Crippen LogP contribution in [-0.2, 0) is 13.2 Å². The van der Waals surface area contributed by atoms with Crippen molar-refractivity contribution in [2.45, 2.75) is 26.1 Å². The van der Waals surface area contributed by atoms with Gasteiger partial charge >= 0.3 is 0 Å². The summed E-state index contributed by atoms with van der Waals surface area (Å²) in [6.07, 6.45) is 3.79. The predicted octanol–water partition coefficient (Wildman–Crippen LogP) is 5.51. The second kappa shape index (κ2) is 11.7. The maximum Gasteiger partial charge on any atom is 0.225 e. The molecule has 1 aliphatic heterocycles. The van der Waals surface area contributed by atoms with Crippen molar-refractivity contribution in [2.24, 2.45) is 5.92 Å². The van der Waals surface area contributed by atoms with E-state index in [-0.39, 0.29) is 6.61 Å². The average Bonchev–Trinajstić information content (AvgIpc) is 2.96. The van der Waals surface area contributed by atoms with Crippen LogP contribution in [0.2, 0.25) is 0 Å². The van der Waals surface area contributed by atoms with Crippen LogP contribution in [0.15, 0.2) is 91.1 Å². The number of pyridine rings is 2. The third-order valence-electron chi connectivity index (χ3n) is 6.54. The minimum absolute atomic E-state index is 0.258. The van der Waals surface area contributed by atoms with Gasteiger partial charge in [-0.1, -0.05) is 60.7 Å². The zero-order valence-corrected chi connectivity index (χ0v) is 20.3. The van der Waals surface area contributed by atoms with Gasteiger partial charge < -0.3 is 19.5 Å². The molecule has 0 atom stereocenters. The third-order valence-corrected chi connectivity index (χ3v) is 6.54. The van der Waals surface area contributed by atoms with Gasteiger partial charge in [0.1, 0.15) is 19.0 Å². The summed E-state index contributed by atoms with van der Waals surface area (Å²) in [6.45, 7) is 2.89. The number of piperidine rings is 1. The number of benzene rings is 2. The van der Waals surface area contributed by atoms with Crippen LogP contribution in [0.3, 0.4) is 0 Å². The highest BCUT2D eigenvalue weighted by Crippen LogP contribution is 2.33. The van der Waals surface area contributed by atoms with Crippen molar-refractivity contribution in [1.82, 2.24) is 9.97 Å². The minimum Gasteiger partial charge on any atom is -0.473 e. The van der Waals surface area contributed by atoms with Gasteiger partial charge in [0.15, 0.2) is 0 Å². The van der Waals surface area contributed by atoms with Gasteiger partial charge in [-0.15, -0.1) is 0 Å². The van der Waals surface area contributed by atoms with Gasteiger partial charge in [0.25, 0.3) is 0 Å². The lowest BCUT2D eigenvalue weighted by atomic mass is 9.98. The van der Waals surface area contributed by atoms with Crippen molar-refractivity contribution >= 4 is 5.82 Å². The topological polar surface area (TPSA) is 67.7 Å². The summed E-state index contributed by atoms with van der Waals surface area (Å²) in [6, 6.07) is 28.1. The number of hydrogen-bond acceptors (Lipinski definition) is 6. The molecule has 1 saturated heterocycles. The largest absolute Gasteiger partial charge is 0.473 e. The number of ether oxygens (including phenoxy) is 2. The number of nitrogens with zero attached hydrogens (tertiary/aromatic N) is 3. The van der Waals surface area contributed by atoms with Crippen LogP contribution in [0.1, 0.15) is 24.0 Å². The van der Waals surface area contributed by atoms with E-state index in [0.717, 1.165) is 54.0 Å². The van der Waals surface area contributed by atoms with E-state index < -0.39 is 0 Å². The SMILES string of the molecule is OCC1CCN(c2cc(-c3ccc(OCc4ccccc4)nc3OCc3ccccc3)ccn2)CC1. The summed E-state index contributed by atoms with van der Waals surface area (Å²) in [5.41, 5.74) is 4.04. The number of aliphatic hydroxyl groups excluding tert-OH is 1. The second-order valence-electron chi connectivity index (χ2n) is 9.07. The molecule has 4 aromatic rings. The number of anilines is 1. The highest BCUT2D eigenvalue weighted by Gasteiger charge is 2.20. The third kappa shape index (κ3) is 6.01. The Morgan fingerprint density at radius 3 is 2.14 bits per heavy atom. The monoisotopic (exact) mass is 481 g/mol. The van der Waals surface area contributed by atoms with Gasteiger partial charge in [-0.05, 0) is 53.6 Å². The van der Waals surface area contributed by atoms with Crippen LogP contribution in [0.25, 0.3) is 11.1 Å². The lowest BCUT2D eigenvalue weighted by molar-refractivity contribution is 0.203. The Hall–Kier alpha value is -3.90. The van der Waals surface area contributed by atoms with Crippen molar-refractivity contribution in [3.63, 3.8) is 0 Å². The molecular weight excluding hydrogens is 450 g/mol. The van der Waals surface area contributed by atoms with Gasteiger partial charge in [-0.2, -0.15) is 4.98 Å². The van der Waals surface area contributed by atoms with Gasteiger partial charge in [-0.3, -0.25) is 0 Å². The van der Waals surface area contributed by atoms with E-state index in [1.54, 1.807) is 0 Å². The fourth-order valence-electron chi connectivity index (χ4n) is 4.39. The Labute approximate surface area is 212 Å². The number of aliphatic hydroxyl groups is 1. The lowest BCUT2D eigenvalue weighted by Gasteiger charge is -2.32. The minimum atomic E-state index is 0.258. The van der Waals surface area contributed by atoms with Crippen LogP contribution in [0.4, 0.5) is 5.82 Å². The molecule has 1 aliphatic rings. The van der Waals surface area contributed by atoms with Crippen molar-refractivity contribution in [1.29, 1.82) is 0 Å². The zero-order valence-electron chi connectivity index (χ0n) is 20.3. The first kappa shape index (κ1) is 23.8. The van der Waals surface area contributed by atoms with Crippen LogP contribution in [-0.4, -0.2) is 34.8 Å². The summed E-state index contributed by atoms with van der Waals surface area (Å²) in [5, 5.41) is 9.46. The molecule has 2 aromatic heterocycles. The molecule has 184 valence electrons. The molecular formula is C30H31N3O3. The molecule has 6 nitrogen and oxygen atoms in total. The van der Waals surface area contributed by atoms with Crippen LogP contribution in [0, 0.1) is 5.92 Å². The fraction of sp³-hybridized carbons (Fsp3) is 0.267. The Morgan fingerprint density at radius 1 is 0.806 bits per heavy atom. The first-order valence-corrected chi connectivity index (χ1v) is 12.5. The number of hydrogen-bond donors (Lipinski definition) is 1. The molecule has 5 rings (SSSR count). The molecule has 3 heterocycles. The van der Waals surface area contributed by atoms with Gasteiger partial charge in [0.2, 0.25) is 11.8 Å². The molecule has 36 heavy (non-hydrogen) atoms. The molecule has 1 fully saturated rings. The summed E-state index contributed by atoms with van der Waals surface area (Å²) >= 11 is 0. The van der Waals surface area contributed by atoms with Crippen LogP contribution in [0.5, 0.6) is 11.8 Å². The molecule has 2 aromatic carbocycles.